The molecule has 21 heavy (non-hydrogen) atoms. The van der Waals surface area contributed by atoms with E-state index in [-0.39, 0.29) is 11.3 Å². The number of rotatable bonds is 3. The molecular formula is C13H15F3O4S. The van der Waals surface area contributed by atoms with Crippen LogP contribution in [-0.4, -0.2) is 30.9 Å². The first-order chi connectivity index (χ1) is 9.69. The lowest BCUT2D eigenvalue weighted by atomic mass is 10.0. The third-order valence-corrected chi connectivity index (χ3v) is 5.69. The molecule has 1 fully saturated rings. The van der Waals surface area contributed by atoms with Gasteiger partial charge in [-0.15, -0.1) is 13.2 Å². The summed E-state index contributed by atoms with van der Waals surface area (Å²) in [7, 11) is -3.43. The molecule has 0 saturated carbocycles. The molecule has 1 N–H and O–H groups in total. The Balaban J connectivity index is 2.23. The smallest absolute Gasteiger partial charge is 0.406 e. The van der Waals surface area contributed by atoms with Gasteiger partial charge in [-0.05, 0) is 30.5 Å². The maximum atomic E-state index is 12.2. The summed E-state index contributed by atoms with van der Waals surface area (Å²) in [5.74, 6) is -0.486. The zero-order valence-electron chi connectivity index (χ0n) is 11.0. The normalized spacial score (nSPS) is 23.5. The Morgan fingerprint density at radius 2 is 2.00 bits per heavy atom. The highest BCUT2D eigenvalue weighted by molar-refractivity contribution is 7.92. The molecule has 1 aliphatic rings. The average molecular weight is 324 g/mol. The number of ether oxygens (including phenoxy) is 1. The fourth-order valence-electron chi connectivity index (χ4n) is 2.44. The molecular weight excluding hydrogens is 309 g/mol. The summed E-state index contributed by atoms with van der Waals surface area (Å²) in [4.78, 5) is 0. The number of sulfone groups is 1. The summed E-state index contributed by atoms with van der Waals surface area (Å²) in [5.41, 5.74) is 0.104. The standard InChI is InChI=1S/C13H15F3O4S/c14-13(15,16)20-10-5-3-4-9(8-10)12(17)11-6-1-2-7-21(11,18)19/h3-5,8,11-12,17H,1-2,6-7H2. The van der Waals surface area contributed by atoms with E-state index in [1.807, 2.05) is 0 Å². The van der Waals surface area contributed by atoms with E-state index in [4.69, 9.17) is 0 Å². The quantitative estimate of drug-likeness (QED) is 0.928. The fourth-order valence-corrected chi connectivity index (χ4v) is 4.43. The second kappa shape index (κ2) is 5.84. The third-order valence-electron chi connectivity index (χ3n) is 3.41. The summed E-state index contributed by atoms with van der Waals surface area (Å²) in [5, 5.41) is 9.21. The molecule has 0 radical (unpaired) electrons. The van der Waals surface area contributed by atoms with Crippen molar-refractivity contribution >= 4 is 9.84 Å². The van der Waals surface area contributed by atoms with E-state index in [1.165, 1.54) is 12.1 Å². The molecule has 0 bridgehead atoms. The summed E-state index contributed by atoms with van der Waals surface area (Å²) in [6.07, 6.45) is -4.68. The molecule has 0 amide bonds. The topological polar surface area (TPSA) is 63.6 Å². The second-order valence-corrected chi connectivity index (χ2v) is 7.31. The van der Waals surface area contributed by atoms with Crippen molar-refractivity contribution in [3.8, 4) is 5.75 Å². The molecule has 4 nitrogen and oxygen atoms in total. The number of benzene rings is 1. The number of halogens is 3. The van der Waals surface area contributed by atoms with Crippen LogP contribution < -0.4 is 4.74 Å². The van der Waals surface area contributed by atoms with Crippen molar-refractivity contribution in [1.29, 1.82) is 0 Å². The van der Waals surface area contributed by atoms with Gasteiger partial charge in [0.25, 0.3) is 0 Å². The van der Waals surface area contributed by atoms with Gasteiger partial charge in [0.1, 0.15) is 5.75 Å². The van der Waals surface area contributed by atoms with Crippen molar-refractivity contribution in [2.45, 2.75) is 37.0 Å². The van der Waals surface area contributed by atoms with Crippen LogP contribution in [0.4, 0.5) is 13.2 Å². The van der Waals surface area contributed by atoms with E-state index in [0.717, 1.165) is 12.1 Å². The second-order valence-electron chi connectivity index (χ2n) is 4.97. The Labute approximate surface area is 120 Å². The number of hydrogen-bond acceptors (Lipinski definition) is 4. The molecule has 1 heterocycles. The number of hydrogen-bond donors (Lipinski definition) is 1. The third kappa shape index (κ3) is 4.10. The Hall–Kier alpha value is -1.28. The van der Waals surface area contributed by atoms with Gasteiger partial charge in [0.15, 0.2) is 9.84 Å². The average Bonchev–Trinajstić information content (AvgIpc) is 2.36. The van der Waals surface area contributed by atoms with Gasteiger partial charge in [-0.2, -0.15) is 0 Å². The van der Waals surface area contributed by atoms with Crippen molar-refractivity contribution in [3.05, 3.63) is 29.8 Å². The van der Waals surface area contributed by atoms with Crippen LogP contribution in [0.3, 0.4) is 0 Å². The van der Waals surface area contributed by atoms with Crippen molar-refractivity contribution in [3.63, 3.8) is 0 Å². The zero-order valence-corrected chi connectivity index (χ0v) is 11.8. The van der Waals surface area contributed by atoms with E-state index in [2.05, 4.69) is 4.74 Å². The summed E-state index contributed by atoms with van der Waals surface area (Å²) in [6.45, 7) is 0. The first-order valence-electron chi connectivity index (χ1n) is 6.44. The minimum Gasteiger partial charge on any atom is -0.406 e. The zero-order chi connectivity index (χ0) is 15.7. The maximum absolute atomic E-state index is 12.2. The van der Waals surface area contributed by atoms with Crippen LogP contribution >= 0.6 is 0 Å². The van der Waals surface area contributed by atoms with Crippen LogP contribution in [0.15, 0.2) is 24.3 Å². The highest BCUT2D eigenvalue weighted by Gasteiger charge is 2.36. The molecule has 8 heteroatoms. The minimum atomic E-state index is -4.83. The largest absolute Gasteiger partial charge is 0.573 e. The number of aliphatic hydroxyl groups excluding tert-OH is 1. The molecule has 0 spiro atoms. The molecule has 2 rings (SSSR count). The van der Waals surface area contributed by atoms with E-state index >= 15 is 0 Å². The van der Waals surface area contributed by atoms with Gasteiger partial charge in [-0.1, -0.05) is 18.6 Å². The summed E-state index contributed by atoms with van der Waals surface area (Å²) in [6, 6.07) is 4.79. The maximum Gasteiger partial charge on any atom is 0.573 e. The predicted octanol–water partition coefficient (Wildman–Crippen LogP) is 2.59. The van der Waals surface area contributed by atoms with Crippen molar-refractivity contribution in [1.82, 2.24) is 0 Å². The first-order valence-corrected chi connectivity index (χ1v) is 8.16. The van der Waals surface area contributed by atoms with Crippen molar-refractivity contribution in [2.24, 2.45) is 0 Å². The lowest BCUT2D eigenvalue weighted by molar-refractivity contribution is -0.274. The van der Waals surface area contributed by atoms with Crippen LogP contribution in [0, 0.1) is 0 Å². The Morgan fingerprint density at radius 1 is 1.29 bits per heavy atom. The van der Waals surface area contributed by atoms with Gasteiger partial charge in [0.2, 0.25) is 0 Å². The summed E-state index contributed by atoms with van der Waals surface area (Å²) >= 11 is 0. The van der Waals surface area contributed by atoms with Crippen LogP contribution in [-0.2, 0) is 9.84 Å². The van der Waals surface area contributed by atoms with Crippen molar-refractivity contribution < 1.29 is 31.4 Å². The van der Waals surface area contributed by atoms with Gasteiger partial charge in [-0.25, -0.2) is 8.42 Å². The molecule has 2 atom stereocenters. The Bertz CT molecular complexity index is 598. The van der Waals surface area contributed by atoms with Gasteiger partial charge >= 0.3 is 6.36 Å². The lowest BCUT2D eigenvalue weighted by Gasteiger charge is -2.27. The van der Waals surface area contributed by atoms with Crippen LogP contribution in [0.2, 0.25) is 0 Å². The highest BCUT2D eigenvalue weighted by Crippen LogP contribution is 2.33. The molecule has 1 aliphatic heterocycles. The van der Waals surface area contributed by atoms with Gasteiger partial charge in [-0.3, -0.25) is 0 Å². The van der Waals surface area contributed by atoms with Crippen LogP contribution in [0.1, 0.15) is 30.9 Å². The van der Waals surface area contributed by atoms with Crippen LogP contribution in [0.25, 0.3) is 0 Å². The van der Waals surface area contributed by atoms with E-state index in [0.29, 0.717) is 19.3 Å². The molecule has 2 unspecified atom stereocenters. The van der Waals surface area contributed by atoms with E-state index < -0.39 is 33.3 Å². The van der Waals surface area contributed by atoms with Gasteiger partial charge in [0.05, 0.1) is 17.1 Å². The number of aliphatic hydroxyl groups is 1. The first kappa shape index (κ1) is 16.1. The van der Waals surface area contributed by atoms with E-state index in [9.17, 15) is 26.7 Å². The van der Waals surface area contributed by atoms with Crippen molar-refractivity contribution in [2.75, 3.05) is 5.75 Å². The molecule has 0 aliphatic carbocycles. The number of alkyl halides is 3. The minimum absolute atomic E-state index is 0.00648. The predicted molar refractivity (Wildman–Crippen MR) is 69.5 cm³/mol. The molecule has 1 aromatic rings. The van der Waals surface area contributed by atoms with Gasteiger partial charge < -0.3 is 9.84 Å². The SMILES string of the molecule is O=S1(=O)CCCCC1C(O)c1cccc(OC(F)(F)F)c1. The van der Waals surface area contributed by atoms with Crippen LogP contribution in [0.5, 0.6) is 5.75 Å². The molecule has 1 aromatic carbocycles. The molecule has 1 saturated heterocycles. The van der Waals surface area contributed by atoms with Gasteiger partial charge in [0, 0.05) is 0 Å². The highest BCUT2D eigenvalue weighted by atomic mass is 32.2. The fraction of sp³-hybridized carbons (Fsp3) is 0.538. The monoisotopic (exact) mass is 324 g/mol. The van der Waals surface area contributed by atoms with E-state index in [1.54, 1.807) is 0 Å². The lowest BCUT2D eigenvalue weighted by Crippen LogP contribution is -2.33. The summed E-state index contributed by atoms with van der Waals surface area (Å²) < 4.78 is 64.2. The molecule has 118 valence electrons. The Kier molecular flexibility index (Phi) is 4.48. The molecule has 0 aromatic heterocycles. The Morgan fingerprint density at radius 3 is 2.62 bits per heavy atom.